The fourth-order valence-corrected chi connectivity index (χ4v) is 8.58. The second-order valence-corrected chi connectivity index (χ2v) is 15.5. The van der Waals surface area contributed by atoms with E-state index in [-0.39, 0.29) is 11.8 Å². The summed E-state index contributed by atoms with van der Waals surface area (Å²) in [4.78, 5) is 4.79. The summed E-state index contributed by atoms with van der Waals surface area (Å²) in [6, 6.07) is 47.2. The zero-order valence-corrected chi connectivity index (χ0v) is 32.2. The first-order chi connectivity index (χ1) is 26.8. The van der Waals surface area contributed by atoms with E-state index in [4.69, 9.17) is 14.8 Å². The molecule has 0 aliphatic heterocycles. The van der Waals surface area contributed by atoms with Crippen molar-refractivity contribution in [2.24, 2.45) is 5.92 Å². The summed E-state index contributed by atoms with van der Waals surface area (Å²) >= 11 is 0. The molecule has 0 unspecified atom stereocenters. The van der Waals surface area contributed by atoms with E-state index >= 15 is 0 Å². The van der Waals surface area contributed by atoms with Crippen molar-refractivity contribution < 1.29 is 4.74 Å². The van der Waals surface area contributed by atoms with Crippen molar-refractivity contribution in [2.45, 2.75) is 59.3 Å². The molecule has 1 aliphatic rings. The maximum atomic E-state index is 6.88. The number of allylic oxidation sites excluding steroid dienone is 2. The van der Waals surface area contributed by atoms with Crippen molar-refractivity contribution in [3.8, 4) is 45.5 Å². The number of rotatable bonds is 8. The average molecular weight is 719 g/mol. The summed E-state index contributed by atoms with van der Waals surface area (Å²) in [7, 11) is 0. The van der Waals surface area contributed by atoms with Crippen LogP contribution < -0.4 is 4.74 Å². The van der Waals surface area contributed by atoms with Crippen molar-refractivity contribution in [1.82, 2.24) is 19.3 Å². The fraction of sp³-hybridized carbons (Fsp3) is 0.200. The predicted octanol–water partition coefficient (Wildman–Crippen LogP) is 13.4. The summed E-state index contributed by atoms with van der Waals surface area (Å²) in [6.45, 7) is 11.3. The third-order valence-corrected chi connectivity index (χ3v) is 11.3. The van der Waals surface area contributed by atoms with E-state index in [1.54, 1.807) is 0 Å². The van der Waals surface area contributed by atoms with Gasteiger partial charge in [-0.15, -0.1) is 0 Å². The van der Waals surface area contributed by atoms with Crippen LogP contribution in [0.3, 0.4) is 0 Å². The first kappa shape index (κ1) is 34.6. The molecule has 0 bridgehead atoms. The van der Waals surface area contributed by atoms with Gasteiger partial charge in [-0.3, -0.25) is 4.57 Å². The lowest BCUT2D eigenvalue weighted by atomic mass is 9.74. The molecule has 5 nitrogen and oxygen atoms in total. The molecule has 3 aromatic heterocycles. The fourth-order valence-electron chi connectivity index (χ4n) is 8.58. The van der Waals surface area contributed by atoms with Crippen LogP contribution in [0.1, 0.15) is 69.1 Å². The highest BCUT2D eigenvalue weighted by Gasteiger charge is 2.33. The van der Waals surface area contributed by atoms with Gasteiger partial charge in [0.2, 0.25) is 0 Å². The summed E-state index contributed by atoms with van der Waals surface area (Å²) in [5, 5.41) is 7.91. The maximum Gasteiger partial charge on any atom is 0.137 e. The van der Waals surface area contributed by atoms with Crippen LogP contribution in [0.25, 0.3) is 55.8 Å². The molecule has 0 amide bonds. The molecule has 3 heterocycles. The van der Waals surface area contributed by atoms with E-state index in [2.05, 4.69) is 177 Å². The Morgan fingerprint density at radius 2 is 1.44 bits per heavy atom. The number of nitrogens with zero attached hydrogens (tertiary/aromatic N) is 4. The Morgan fingerprint density at radius 3 is 2.18 bits per heavy atom. The van der Waals surface area contributed by atoms with Crippen molar-refractivity contribution >= 4 is 21.8 Å². The summed E-state index contributed by atoms with van der Waals surface area (Å²) in [5.41, 5.74) is 12.7. The number of hydrogen-bond acceptors (Lipinski definition) is 3. The minimum Gasteiger partial charge on any atom is -0.457 e. The number of pyridine rings is 1. The van der Waals surface area contributed by atoms with E-state index < -0.39 is 0 Å². The van der Waals surface area contributed by atoms with Crippen molar-refractivity contribution in [3.05, 3.63) is 168 Å². The Kier molecular flexibility index (Phi) is 8.94. The number of benzene rings is 5. The largest absolute Gasteiger partial charge is 0.457 e. The smallest absolute Gasteiger partial charge is 0.137 e. The van der Waals surface area contributed by atoms with Gasteiger partial charge in [0, 0.05) is 51.7 Å². The number of aryl methyl sites for hydroxylation is 1. The molecule has 8 aromatic rings. The van der Waals surface area contributed by atoms with Crippen LogP contribution in [-0.4, -0.2) is 19.3 Å². The van der Waals surface area contributed by atoms with Crippen LogP contribution in [0.5, 0.6) is 11.5 Å². The van der Waals surface area contributed by atoms with Gasteiger partial charge >= 0.3 is 0 Å². The molecule has 55 heavy (non-hydrogen) atoms. The molecule has 2 atom stereocenters. The lowest BCUT2D eigenvalue weighted by Gasteiger charge is -2.30. The third-order valence-electron chi connectivity index (χ3n) is 11.3. The molecule has 5 heteroatoms. The average Bonchev–Trinajstić information content (AvgIpc) is 3.75. The Bertz CT molecular complexity index is 2700. The lowest BCUT2D eigenvalue weighted by Crippen LogP contribution is -2.16. The quantitative estimate of drug-likeness (QED) is 0.147. The molecule has 0 radical (unpaired) electrons. The van der Waals surface area contributed by atoms with E-state index in [0.717, 1.165) is 80.3 Å². The SMILES string of the molecule is CC1=CCC[C@H](C)[C@@H]1c1c(-c2ccccc2)nn(-c2cc(Oc3ccc4c5ccccc5n(-c5cc(C)ccn5)c4c3)cc(C(C)C)c2)c1-c1ccccc1. The molecule has 0 N–H and O–H groups in total. The van der Waals surface area contributed by atoms with Crippen LogP contribution in [0, 0.1) is 12.8 Å². The van der Waals surface area contributed by atoms with Crippen molar-refractivity contribution in [1.29, 1.82) is 0 Å². The highest BCUT2D eigenvalue weighted by Crippen LogP contribution is 2.48. The van der Waals surface area contributed by atoms with Crippen LogP contribution in [0.4, 0.5) is 0 Å². The van der Waals surface area contributed by atoms with Gasteiger partial charge in [0.1, 0.15) is 17.3 Å². The molecule has 0 fully saturated rings. The summed E-state index contributed by atoms with van der Waals surface area (Å²) in [6.07, 6.45) is 6.58. The third kappa shape index (κ3) is 6.34. The Morgan fingerprint density at radius 1 is 0.709 bits per heavy atom. The van der Waals surface area contributed by atoms with E-state index in [1.165, 1.54) is 22.1 Å². The summed E-state index contributed by atoms with van der Waals surface area (Å²) in [5.74, 6) is 3.43. The number of hydrogen-bond donors (Lipinski definition) is 0. The van der Waals surface area contributed by atoms with Gasteiger partial charge in [-0.25, -0.2) is 9.67 Å². The van der Waals surface area contributed by atoms with Gasteiger partial charge in [0.05, 0.1) is 28.1 Å². The predicted molar refractivity (Wildman–Crippen MR) is 227 cm³/mol. The zero-order valence-electron chi connectivity index (χ0n) is 32.2. The number of ether oxygens (including phenoxy) is 1. The van der Waals surface area contributed by atoms with Gasteiger partial charge in [-0.2, -0.15) is 5.10 Å². The molecular weight excluding hydrogens is 673 g/mol. The van der Waals surface area contributed by atoms with Crippen LogP contribution in [0.2, 0.25) is 0 Å². The Labute approximate surface area is 323 Å². The van der Waals surface area contributed by atoms with E-state index in [9.17, 15) is 0 Å². The highest BCUT2D eigenvalue weighted by molar-refractivity contribution is 6.09. The van der Waals surface area contributed by atoms with E-state index in [0.29, 0.717) is 5.92 Å². The Balaban J connectivity index is 1.23. The second kappa shape index (κ2) is 14.2. The second-order valence-electron chi connectivity index (χ2n) is 15.5. The molecule has 5 aromatic carbocycles. The topological polar surface area (TPSA) is 44.9 Å². The van der Waals surface area contributed by atoms with Gasteiger partial charge in [0.25, 0.3) is 0 Å². The monoisotopic (exact) mass is 718 g/mol. The Hall–Kier alpha value is -6.20. The minimum absolute atomic E-state index is 0.248. The molecule has 0 saturated carbocycles. The van der Waals surface area contributed by atoms with Crippen LogP contribution >= 0.6 is 0 Å². The first-order valence-electron chi connectivity index (χ1n) is 19.5. The van der Waals surface area contributed by atoms with Gasteiger partial charge < -0.3 is 4.74 Å². The molecule has 1 aliphatic carbocycles. The molecule has 272 valence electrons. The molecular formula is C50H46N4O. The number of aromatic nitrogens is 4. The van der Waals surface area contributed by atoms with Gasteiger partial charge in [-0.05, 0) is 92.1 Å². The first-order valence-corrected chi connectivity index (χ1v) is 19.5. The zero-order chi connectivity index (χ0) is 37.6. The van der Waals surface area contributed by atoms with Crippen molar-refractivity contribution in [2.75, 3.05) is 0 Å². The standard InChI is InChI=1S/C50H46N4O/c1-32(2)38-28-39(30-41(29-38)55-40-23-24-43-42-21-12-13-22-44(42)53(45(43)31-40)46-27-33(3)25-26-51-46)54-50(37-19-10-7-11-20-37)48(47-34(4)15-14-16-35(47)5)49(52-54)36-17-8-6-9-18-36/h6-13,15,17-32,35,47H,14,16H2,1-5H3/t35-,47+/m0/s1. The number of fused-ring (bicyclic) bond motifs is 3. The van der Waals surface area contributed by atoms with Crippen LogP contribution in [0.15, 0.2) is 151 Å². The minimum atomic E-state index is 0.248. The van der Waals surface area contributed by atoms with Gasteiger partial charge in [0.15, 0.2) is 0 Å². The normalized spacial score (nSPS) is 15.9. The van der Waals surface area contributed by atoms with Gasteiger partial charge in [-0.1, -0.05) is 111 Å². The maximum absolute atomic E-state index is 6.88. The molecule has 0 saturated heterocycles. The highest BCUT2D eigenvalue weighted by atomic mass is 16.5. The molecule has 9 rings (SSSR count). The number of para-hydroxylation sites is 1. The lowest BCUT2D eigenvalue weighted by molar-refractivity contribution is 0.451. The van der Waals surface area contributed by atoms with E-state index in [1.807, 2.05) is 12.3 Å². The molecule has 0 spiro atoms. The summed E-state index contributed by atoms with van der Waals surface area (Å²) < 4.78 is 11.3. The van der Waals surface area contributed by atoms with Crippen LogP contribution in [-0.2, 0) is 0 Å². The van der Waals surface area contributed by atoms with Crippen molar-refractivity contribution in [3.63, 3.8) is 0 Å².